The molecule has 0 aromatic rings. The number of hydrogen-bond donors (Lipinski definition) is 1. The molecule has 132 valence electrons. The van der Waals surface area contributed by atoms with Crippen molar-refractivity contribution in [3.63, 3.8) is 0 Å². The second-order valence-electron chi connectivity index (χ2n) is 5.07. The zero-order chi connectivity index (χ0) is 15.3. The Hall–Kier alpha value is -0.120. The molecule has 7 heteroatoms. The first kappa shape index (κ1) is 21.9. The smallest absolute Gasteiger partial charge is 0.193 e. The van der Waals surface area contributed by atoms with Gasteiger partial charge in [-0.05, 0) is 26.2 Å². The first-order valence-electron chi connectivity index (χ1n) is 7.95. The van der Waals surface area contributed by atoms with Crippen molar-refractivity contribution in [2.75, 3.05) is 60.2 Å². The monoisotopic (exact) mass is 429 g/mol. The van der Waals surface area contributed by atoms with Crippen LogP contribution in [0, 0.1) is 0 Å². The van der Waals surface area contributed by atoms with E-state index < -0.39 is 0 Å². The molecule has 1 N–H and O–H groups in total. The second kappa shape index (κ2) is 14.5. The van der Waals surface area contributed by atoms with E-state index in [1.165, 1.54) is 0 Å². The van der Waals surface area contributed by atoms with Crippen molar-refractivity contribution in [1.29, 1.82) is 0 Å². The van der Waals surface area contributed by atoms with Crippen molar-refractivity contribution < 1.29 is 14.2 Å². The van der Waals surface area contributed by atoms with Crippen molar-refractivity contribution in [3.8, 4) is 0 Å². The summed E-state index contributed by atoms with van der Waals surface area (Å²) in [5, 5.41) is 3.40. The molecule has 0 aliphatic carbocycles. The maximum absolute atomic E-state index is 5.68. The summed E-state index contributed by atoms with van der Waals surface area (Å²) in [7, 11) is 3.52. The van der Waals surface area contributed by atoms with E-state index in [1.54, 1.807) is 7.11 Å². The van der Waals surface area contributed by atoms with Crippen LogP contribution >= 0.6 is 24.0 Å². The number of likely N-dealkylation sites (tertiary alicyclic amines) is 1. The average molecular weight is 429 g/mol. The molecular weight excluding hydrogens is 397 g/mol. The van der Waals surface area contributed by atoms with Crippen LogP contribution in [0.3, 0.4) is 0 Å². The highest BCUT2D eigenvalue weighted by molar-refractivity contribution is 14.0. The molecule has 6 nitrogen and oxygen atoms in total. The zero-order valence-electron chi connectivity index (χ0n) is 14.2. The molecule has 22 heavy (non-hydrogen) atoms. The summed E-state index contributed by atoms with van der Waals surface area (Å²) in [4.78, 5) is 6.67. The molecule has 1 fully saturated rings. The Bertz CT molecular complexity index is 285. The number of rotatable bonds is 9. The Balaban J connectivity index is 0.00000441. The van der Waals surface area contributed by atoms with Crippen molar-refractivity contribution in [1.82, 2.24) is 10.2 Å². The number of nitrogens with zero attached hydrogens (tertiary/aromatic N) is 2. The zero-order valence-corrected chi connectivity index (χ0v) is 16.5. The maximum atomic E-state index is 5.68. The lowest BCUT2D eigenvalue weighted by atomic mass is 10.1. The summed E-state index contributed by atoms with van der Waals surface area (Å²) < 4.78 is 16.0. The number of hydrogen-bond acceptors (Lipinski definition) is 4. The Labute approximate surface area is 152 Å². The van der Waals surface area contributed by atoms with Crippen LogP contribution in [0.4, 0.5) is 0 Å². The molecule has 0 aromatic heterocycles. The number of guanidine groups is 1. The standard InChI is InChI=1S/C15H31N3O3.HI/c1-4-21-14-6-9-18(10-7-14)15(16-2)17-8-5-11-20-13-12-19-3;/h14H,4-13H2,1-3H3,(H,16,17);1H. The fraction of sp³-hybridized carbons (Fsp3) is 0.933. The Morgan fingerprint density at radius 3 is 2.55 bits per heavy atom. The van der Waals surface area contributed by atoms with Crippen molar-refractivity contribution in [2.24, 2.45) is 4.99 Å². The predicted molar refractivity (Wildman–Crippen MR) is 100 cm³/mol. The first-order valence-corrected chi connectivity index (χ1v) is 7.95. The number of methoxy groups -OCH3 is 1. The first-order chi connectivity index (χ1) is 10.3. The second-order valence-corrected chi connectivity index (χ2v) is 5.07. The van der Waals surface area contributed by atoms with Crippen molar-refractivity contribution in [2.45, 2.75) is 32.3 Å². The fourth-order valence-electron chi connectivity index (χ4n) is 2.42. The minimum Gasteiger partial charge on any atom is -0.382 e. The number of halogens is 1. The Morgan fingerprint density at radius 2 is 1.95 bits per heavy atom. The van der Waals surface area contributed by atoms with Gasteiger partial charge in [-0.3, -0.25) is 4.99 Å². The molecule has 1 rings (SSSR count). The fourth-order valence-corrected chi connectivity index (χ4v) is 2.42. The predicted octanol–water partition coefficient (Wildman–Crippen LogP) is 1.73. The van der Waals surface area contributed by atoms with E-state index in [4.69, 9.17) is 14.2 Å². The van der Waals surface area contributed by atoms with Gasteiger partial charge < -0.3 is 24.4 Å². The third-order valence-corrected chi connectivity index (χ3v) is 3.54. The number of nitrogens with one attached hydrogen (secondary N) is 1. The van der Waals surface area contributed by atoms with Gasteiger partial charge >= 0.3 is 0 Å². The lowest BCUT2D eigenvalue weighted by molar-refractivity contribution is 0.0263. The third-order valence-electron chi connectivity index (χ3n) is 3.54. The summed E-state index contributed by atoms with van der Waals surface area (Å²) in [6.07, 6.45) is 3.54. The van der Waals surface area contributed by atoms with Crippen LogP contribution in [-0.2, 0) is 14.2 Å². The summed E-state index contributed by atoms with van der Waals surface area (Å²) in [6, 6.07) is 0. The van der Waals surface area contributed by atoms with Crippen LogP contribution in [-0.4, -0.2) is 77.2 Å². The molecule has 0 bridgehead atoms. The third kappa shape index (κ3) is 9.12. The van der Waals surface area contributed by atoms with Crippen LogP contribution in [0.15, 0.2) is 4.99 Å². The van der Waals surface area contributed by atoms with Gasteiger partial charge in [0.2, 0.25) is 0 Å². The highest BCUT2D eigenvalue weighted by Gasteiger charge is 2.21. The molecule has 0 aromatic carbocycles. The molecule has 1 heterocycles. The van der Waals surface area contributed by atoms with Gasteiger partial charge in [-0.25, -0.2) is 0 Å². The van der Waals surface area contributed by atoms with E-state index in [2.05, 4.69) is 22.1 Å². The van der Waals surface area contributed by atoms with Gasteiger partial charge in [0.05, 0.1) is 19.3 Å². The molecule has 0 atom stereocenters. The molecule has 1 aliphatic rings. The van der Waals surface area contributed by atoms with Gasteiger partial charge in [-0.1, -0.05) is 0 Å². The van der Waals surface area contributed by atoms with Crippen LogP contribution in [0.25, 0.3) is 0 Å². The van der Waals surface area contributed by atoms with E-state index in [1.807, 2.05) is 7.05 Å². The van der Waals surface area contributed by atoms with E-state index >= 15 is 0 Å². The van der Waals surface area contributed by atoms with Crippen molar-refractivity contribution in [3.05, 3.63) is 0 Å². The average Bonchev–Trinajstić information content (AvgIpc) is 2.52. The van der Waals surface area contributed by atoms with E-state index in [9.17, 15) is 0 Å². The van der Waals surface area contributed by atoms with Gasteiger partial charge in [-0.2, -0.15) is 0 Å². The number of ether oxygens (including phenoxy) is 3. The largest absolute Gasteiger partial charge is 0.382 e. The lowest BCUT2D eigenvalue weighted by Gasteiger charge is -2.34. The molecule has 0 amide bonds. The molecule has 1 aliphatic heterocycles. The van der Waals surface area contributed by atoms with Gasteiger partial charge in [0.25, 0.3) is 0 Å². The molecule has 1 saturated heterocycles. The van der Waals surface area contributed by atoms with Gasteiger partial charge in [0.15, 0.2) is 5.96 Å². The molecule has 0 unspecified atom stereocenters. The van der Waals surface area contributed by atoms with Crippen molar-refractivity contribution >= 4 is 29.9 Å². The van der Waals surface area contributed by atoms with Gasteiger partial charge in [-0.15, -0.1) is 24.0 Å². The van der Waals surface area contributed by atoms with Crippen LogP contribution < -0.4 is 5.32 Å². The van der Waals surface area contributed by atoms with Crippen LogP contribution in [0.2, 0.25) is 0 Å². The topological polar surface area (TPSA) is 55.3 Å². The number of aliphatic imine (C=N–C) groups is 1. The normalized spacial score (nSPS) is 16.5. The SMILES string of the molecule is CCOC1CCN(C(=NC)NCCCOCCOC)CC1.I. The Kier molecular flexibility index (Phi) is 14.4. The van der Waals surface area contributed by atoms with Crippen LogP contribution in [0.1, 0.15) is 26.2 Å². The summed E-state index contributed by atoms with van der Waals surface area (Å²) in [6.45, 7) is 7.83. The van der Waals surface area contributed by atoms with E-state index in [0.29, 0.717) is 19.3 Å². The summed E-state index contributed by atoms with van der Waals surface area (Å²) >= 11 is 0. The highest BCUT2D eigenvalue weighted by atomic mass is 127. The maximum Gasteiger partial charge on any atom is 0.193 e. The molecule has 0 radical (unpaired) electrons. The van der Waals surface area contributed by atoms with Gasteiger partial charge in [0, 0.05) is 47.0 Å². The van der Waals surface area contributed by atoms with Crippen LogP contribution in [0.5, 0.6) is 0 Å². The summed E-state index contributed by atoms with van der Waals surface area (Å²) in [5.74, 6) is 0.988. The lowest BCUT2D eigenvalue weighted by Crippen LogP contribution is -2.47. The Morgan fingerprint density at radius 1 is 1.23 bits per heavy atom. The minimum atomic E-state index is 0. The minimum absolute atomic E-state index is 0. The number of piperidine rings is 1. The molecule has 0 spiro atoms. The van der Waals surface area contributed by atoms with E-state index in [0.717, 1.165) is 58.1 Å². The summed E-state index contributed by atoms with van der Waals surface area (Å²) in [5.41, 5.74) is 0. The molecular formula is C15H32IN3O3. The van der Waals surface area contributed by atoms with Gasteiger partial charge in [0.1, 0.15) is 0 Å². The molecule has 0 saturated carbocycles. The quantitative estimate of drug-likeness (QED) is 0.262. The highest BCUT2D eigenvalue weighted by Crippen LogP contribution is 2.13. The van der Waals surface area contributed by atoms with E-state index in [-0.39, 0.29) is 24.0 Å².